The minimum atomic E-state index is -1.21. The summed E-state index contributed by atoms with van der Waals surface area (Å²) in [5, 5.41) is 23.0. The molecule has 0 aliphatic carbocycles. The van der Waals surface area contributed by atoms with Gasteiger partial charge < -0.3 is 10.2 Å². The lowest BCUT2D eigenvalue weighted by Crippen LogP contribution is -2.10. The SMILES string of the molecule is CN(C)c1ccc([N+](=O)[O-])cc1F.CNC.O=[N+]([O-])c1ccc(F)c(F)c1. The van der Waals surface area contributed by atoms with E-state index in [0.29, 0.717) is 17.8 Å². The Bertz CT molecular complexity index is 788. The Hall–Kier alpha value is -3.21. The number of benzene rings is 2. The summed E-state index contributed by atoms with van der Waals surface area (Å²) in [4.78, 5) is 20.4. The lowest BCUT2D eigenvalue weighted by Gasteiger charge is -2.12. The van der Waals surface area contributed by atoms with Crippen molar-refractivity contribution < 1.29 is 23.0 Å². The van der Waals surface area contributed by atoms with E-state index >= 15 is 0 Å². The highest BCUT2D eigenvalue weighted by Gasteiger charge is 2.11. The average Bonchev–Trinajstić information content (AvgIpc) is 2.58. The molecule has 2 aromatic carbocycles. The summed E-state index contributed by atoms with van der Waals surface area (Å²) in [6.07, 6.45) is 0. The maximum atomic E-state index is 13.1. The molecule has 27 heavy (non-hydrogen) atoms. The third kappa shape index (κ3) is 8.14. The van der Waals surface area contributed by atoms with Gasteiger partial charge >= 0.3 is 0 Å². The van der Waals surface area contributed by atoms with Crippen LogP contribution in [-0.4, -0.2) is 38.0 Å². The third-order valence-corrected chi connectivity index (χ3v) is 2.74. The molecule has 0 saturated carbocycles. The quantitative estimate of drug-likeness (QED) is 0.638. The van der Waals surface area contributed by atoms with Gasteiger partial charge in [0.2, 0.25) is 0 Å². The zero-order chi connectivity index (χ0) is 21.1. The van der Waals surface area contributed by atoms with Crippen molar-refractivity contribution in [2.75, 3.05) is 33.1 Å². The second-order valence-electron chi connectivity index (χ2n) is 5.14. The molecular weight excluding hydrogens is 369 g/mol. The zero-order valence-corrected chi connectivity index (χ0v) is 15.1. The van der Waals surface area contributed by atoms with Crippen LogP contribution in [-0.2, 0) is 0 Å². The van der Waals surface area contributed by atoms with E-state index in [1.807, 2.05) is 14.1 Å². The van der Waals surface area contributed by atoms with Gasteiger partial charge in [-0.3, -0.25) is 20.2 Å². The standard InChI is InChI=1S/C8H9FN2O2.C6H3F2NO2.C2H7N/c1-10(2)8-4-3-6(11(12)13)5-7(8)9;7-5-2-1-4(9(10)11)3-6(5)8;1-3-2/h3-5H,1-2H3;1-3H;3H,1-2H3. The van der Waals surface area contributed by atoms with E-state index < -0.39 is 33.0 Å². The third-order valence-electron chi connectivity index (χ3n) is 2.74. The highest BCUT2D eigenvalue weighted by Crippen LogP contribution is 2.22. The van der Waals surface area contributed by atoms with Crippen LogP contribution >= 0.6 is 0 Å². The highest BCUT2D eigenvalue weighted by atomic mass is 19.2. The van der Waals surface area contributed by atoms with Crippen LogP contribution in [0.25, 0.3) is 0 Å². The van der Waals surface area contributed by atoms with Crippen molar-refractivity contribution in [2.24, 2.45) is 0 Å². The number of non-ortho nitro benzene ring substituents is 2. The second-order valence-corrected chi connectivity index (χ2v) is 5.14. The molecule has 1 N–H and O–H groups in total. The molecule has 0 unspecified atom stereocenters. The molecule has 0 radical (unpaired) electrons. The van der Waals surface area contributed by atoms with Crippen LogP contribution in [0.2, 0.25) is 0 Å². The van der Waals surface area contributed by atoms with Crippen molar-refractivity contribution in [3.63, 3.8) is 0 Å². The van der Waals surface area contributed by atoms with Crippen molar-refractivity contribution >= 4 is 17.1 Å². The first kappa shape index (κ1) is 23.8. The molecule has 11 heteroatoms. The predicted molar refractivity (Wildman–Crippen MR) is 95.4 cm³/mol. The van der Waals surface area contributed by atoms with Gasteiger partial charge in [0.05, 0.1) is 27.7 Å². The summed E-state index contributed by atoms with van der Waals surface area (Å²) in [5.41, 5.74) is -0.349. The minimum absolute atomic E-state index is 0.233. The van der Waals surface area contributed by atoms with E-state index in [9.17, 15) is 33.4 Å². The molecule has 0 bridgehead atoms. The molecule has 8 nitrogen and oxygen atoms in total. The fourth-order valence-corrected chi connectivity index (χ4v) is 1.57. The summed E-state index contributed by atoms with van der Waals surface area (Å²) < 4.78 is 37.5. The fourth-order valence-electron chi connectivity index (χ4n) is 1.57. The first-order chi connectivity index (χ1) is 12.5. The molecule has 0 aliphatic heterocycles. The van der Waals surface area contributed by atoms with Gasteiger partial charge in [-0.2, -0.15) is 0 Å². The fraction of sp³-hybridized carbons (Fsp3) is 0.250. The highest BCUT2D eigenvalue weighted by molar-refractivity contribution is 5.51. The van der Waals surface area contributed by atoms with Gasteiger partial charge in [0.25, 0.3) is 11.4 Å². The smallest absolute Gasteiger partial charge is 0.272 e. The van der Waals surface area contributed by atoms with Crippen LogP contribution < -0.4 is 10.2 Å². The summed E-state index contributed by atoms with van der Waals surface area (Å²) >= 11 is 0. The van der Waals surface area contributed by atoms with Crippen molar-refractivity contribution in [1.82, 2.24) is 5.32 Å². The molecule has 0 heterocycles. The Morgan fingerprint density at radius 3 is 1.56 bits per heavy atom. The summed E-state index contributed by atoms with van der Waals surface area (Å²) in [5.74, 6) is -2.88. The van der Waals surface area contributed by atoms with Gasteiger partial charge in [0.15, 0.2) is 17.5 Å². The zero-order valence-electron chi connectivity index (χ0n) is 15.1. The summed E-state index contributed by atoms with van der Waals surface area (Å²) in [6.45, 7) is 0. The van der Waals surface area contributed by atoms with Gasteiger partial charge in [-0.25, -0.2) is 13.2 Å². The van der Waals surface area contributed by atoms with Gasteiger partial charge in [0.1, 0.15) is 0 Å². The molecule has 0 fully saturated rings. The van der Waals surface area contributed by atoms with Crippen LogP contribution in [0.1, 0.15) is 0 Å². The Morgan fingerprint density at radius 1 is 0.815 bits per heavy atom. The Balaban J connectivity index is 0.000000442. The molecule has 2 rings (SSSR count). The van der Waals surface area contributed by atoms with Gasteiger partial charge in [-0.05, 0) is 26.2 Å². The maximum Gasteiger partial charge on any atom is 0.272 e. The summed E-state index contributed by atoms with van der Waals surface area (Å²) in [7, 11) is 7.09. The van der Waals surface area contributed by atoms with Crippen LogP contribution in [0.15, 0.2) is 36.4 Å². The molecule has 0 aliphatic rings. The molecule has 0 aromatic heterocycles. The molecule has 0 spiro atoms. The molecule has 0 saturated heterocycles. The number of nitrogens with zero attached hydrogens (tertiary/aromatic N) is 3. The number of rotatable bonds is 3. The molecule has 0 atom stereocenters. The summed E-state index contributed by atoms with van der Waals surface area (Å²) in [6, 6.07) is 5.72. The number of hydrogen-bond acceptors (Lipinski definition) is 6. The Kier molecular flexibility index (Phi) is 10.1. The first-order valence-corrected chi connectivity index (χ1v) is 7.34. The van der Waals surface area contributed by atoms with E-state index in [1.165, 1.54) is 12.1 Å². The van der Waals surface area contributed by atoms with Crippen molar-refractivity contribution in [2.45, 2.75) is 0 Å². The van der Waals surface area contributed by atoms with E-state index in [1.54, 1.807) is 19.0 Å². The molecule has 2 aromatic rings. The molecule has 0 amide bonds. The van der Waals surface area contributed by atoms with Crippen LogP contribution in [0.3, 0.4) is 0 Å². The number of halogens is 3. The number of nitrogens with one attached hydrogen (secondary N) is 1. The van der Waals surface area contributed by atoms with E-state index in [0.717, 1.165) is 12.1 Å². The van der Waals surface area contributed by atoms with Crippen LogP contribution in [0, 0.1) is 37.7 Å². The number of nitro groups is 2. The lowest BCUT2D eigenvalue weighted by molar-refractivity contribution is -0.385. The predicted octanol–water partition coefficient (Wildman–Crippen LogP) is 3.51. The topological polar surface area (TPSA) is 102 Å². The molecule has 148 valence electrons. The monoisotopic (exact) mass is 388 g/mol. The van der Waals surface area contributed by atoms with Crippen LogP contribution in [0.5, 0.6) is 0 Å². The van der Waals surface area contributed by atoms with Crippen molar-refractivity contribution in [3.05, 3.63) is 74.1 Å². The number of hydrogen-bond donors (Lipinski definition) is 1. The second kappa shape index (κ2) is 11.4. The largest absolute Gasteiger partial charge is 0.375 e. The Morgan fingerprint density at radius 2 is 1.22 bits per heavy atom. The normalized spacial score (nSPS) is 9.30. The minimum Gasteiger partial charge on any atom is -0.375 e. The van der Waals surface area contributed by atoms with Gasteiger partial charge in [-0.1, -0.05) is 0 Å². The van der Waals surface area contributed by atoms with Gasteiger partial charge in [-0.15, -0.1) is 0 Å². The van der Waals surface area contributed by atoms with Crippen molar-refractivity contribution in [3.8, 4) is 0 Å². The average molecular weight is 388 g/mol. The van der Waals surface area contributed by atoms with E-state index in [-0.39, 0.29) is 5.69 Å². The first-order valence-electron chi connectivity index (χ1n) is 7.34. The maximum absolute atomic E-state index is 13.1. The van der Waals surface area contributed by atoms with Crippen molar-refractivity contribution in [1.29, 1.82) is 0 Å². The Labute approximate surface area is 153 Å². The lowest BCUT2D eigenvalue weighted by atomic mass is 10.2. The number of nitro benzene ring substituents is 2. The van der Waals surface area contributed by atoms with E-state index in [2.05, 4.69) is 5.32 Å². The number of anilines is 1. The van der Waals surface area contributed by atoms with Crippen LogP contribution in [0.4, 0.5) is 30.2 Å². The van der Waals surface area contributed by atoms with Gasteiger partial charge in [0, 0.05) is 26.2 Å². The molecular formula is C16H19F3N4O4. The van der Waals surface area contributed by atoms with E-state index in [4.69, 9.17) is 0 Å².